The second-order valence-electron chi connectivity index (χ2n) is 17.7. The van der Waals surface area contributed by atoms with Crippen molar-refractivity contribution >= 4 is 41.6 Å². The van der Waals surface area contributed by atoms with Gasteiger partial charge in [0, 0.05) is 16.7 Å². The minimum atomic E-state index is -4.05. The molecule has 4 aliphatic heterocycles. The average Bonchev–Trinajstić information content (AvgIpc) is 2.86. The van der Waals surface area contributed by atoms with Crippen LogP contribution in [-0.4, -0.2) is 172 Å². The van der Waals surface area contributed by atoms with Crippen molar-refractivity contribution in [2.45, 2.75) is 48.2 Å². The minimum Gasteiger partial charge on any atom is -0.504 e. The van der Waals surface area contributed by atoms with Crippen LogP contribution in [-0.2, 0) is 38.0 Å². The van der Waals surface area contributed by atoms with Gasteiger partial charge in [-0.1, -0.05) is 0 Å². The standard InChI is InChI=1S/C48H32O31/c49-16-1-10(2-17(50)29(16)57)40(63)74-35-21(54)3-11(4-22(35)55)41(64)78-46-39-38-36(75-44(67)14-7-20(53)32(60)37-27(14)28-15(45(68)77-39)8-24(56)48(71,79-37)47(28,69)70)23(73-46)9-72-42(65)12-5-18(51)30(58)33(61)25(12)26-13(43(66)76-38)6-19(52)31(59)34(26)62/h1-8,23,28,36,38-39,46,49-55,57-62,69-71H,9H2/t23-,28+,36-,38+,39-,46+,48+/m1/s1. The molecule has 0 amide bonds. The summed E-state index contributed by atoms with van der Waals surface area (Å²) in [6, 6.07) is 3.31. The van der Waals surface area contributed by atoms with Crippen LogP contribution in [0.4, 0.5) is 0 Å². The molecule has 6 bridgehead atoms. The lowest BCUT2D eigenvalue weighted by atomic mass is 9.70. The summed E-state index contributed by atoms with van der Waals surface area (Å²) in [6.07, 6.45) is -12.7. The third-order valence-corrected chi connectivity index (χ3v) is 13.0. The van der Waals surface area contributed by atoms with Crippen molar-refractivity contribution in [3.63, 3.8) is 0 Å². The highest BCUT2D eigenvalue weighted by atomic mass is 16.8. The normalized spacial score (nSPS) is 23.6. The Kier molecular flexibility index (Phi) is 11.6. The maximum absolute atomic E-state index is 14.8. The summed E-state index contributed by atoms with van der Waals surface area (Å²) in [7, 11) is 0. The van der Waals surface area contributed by atoms with Gasteiger partial charge in [0.15, 0.2) is 75.5 Å². The third-order valence-electron chi connectivity index (χ3n) is 13.0. The van der Waals surface area contributed by atoms with Crippen LogP contribution in [0.25, 0.3) is 11.1 Å². The summed E-state index contributed by atoms with van der Waals surface area (Å²) < 4.78 is 44.2. The van der Waals surface area contributed by atoms with Crippen molar-refractivity contribution in [2.75, 3.05) is 6.61 Å². The fourth-order valence-corrected chi connectivity index (χ4v) is 9.23. The Bertz CT molecular complexity index is 3620. The number of hydrogen-bond donors (Lipinski definition) is 16. The molecular weight excluding hydrogens is 1070 g/mol. The number of phenolic OH excluding ortho intramolecular Hbond substituents is 13. The summed E-state index contributed by atoms with van der Waals surface area (Å²) in [6.45, 7) is -1.37. The number of fused-ring (bicyclic) bond motifs is 4. The van der Waals surface area contributed by atoms with E-state index in [2.05, 4.69) is 0 Å². The van der Waals surface area contributed by atoms with Crippen molar-refractivity contribution in [2.24, 2.45) is 0 Å². The molecule has 10 rings (SSSR count). The summed E-state index contributed by atoms with van der Waals surface area (Å²) in [5.74, 6) is -42.2. The number of ketones is 1. The highest BCUT2D eigenvalue weighted by Gasteiger charge is 2.70. The van der Waals surface area contributed by atoms with Crippen LogP contribution in [0, 0.1) is 0 Å². The maximum Gasteiger partial charge on any atom is 0.344 e. The second-order valence-corrected chi connectivity index (χ2v) is 17.7. The summed E-state index contributed by atoms with van der Waals surface area (Å²) in [5, 5.41) is 172. The molecule has 79 heavy (non-hydrogen) atoms. The van der Waals surface area contributed by atoms with E-state index in [1.54, 1.807) is 0 Å². The second kappa shape index (κ2) is 17.7. The number of cyclic esters (lactones) is 1. The van der Waals surface area contributed by atoms with Crippen LogP contribution in [0.1, 0.15) is 63.3 Å². The summed E-state index contributed by atoms with van der Waals surface area (Å²) >= 11 is 0. The van der Waals surface area contributed by atoms with Crippen LogP contribution < -0.4 is 9.47 Å². The molecule has 16 N–H and O–H groups in total. The van der Waals surface area contributed by atoms with Crippen LogP contribution >= 0.6 is 0 Å². The first kappa shape index (κ1) is 51.8. The fourth-order valence-electron chi connectivity index (χ4n) is 9.23. The topological polar surface area (TPSA) is 517 Å². The van der Waals surface area contributed by atoms with E-state index in [0.29, 0.717) is 42.5 Å². The molecule has 5 aromatic rings. The highest BCUT2D eigenvalue weighted by Crippen LogP contribution is 2.59. The number of aliphatic hydroxyl groups is 3. The van der Waals surface area contributed by atoms with Crippen LogP contribution in [0.2, 0.25) is 0 Å². The van der Waals surface area contributed by atoms with Crippen molar-refractivity contribution in [1.82, 2.24) is 0 Å². The van der Waals surface area contributed by atoms with Crippen LogP contribution in [0.3, 0.4) is 0 Å². The molecule has 0 aromatic heterocycles. The van der Waals surface area contributed by atoms with Gasteiger partial charge in [0.1, 0.15) is 12.7 Å². The van der Waals surface area contributed by atoms with Crippen LogP contribution in [0.15, 0.2) is 54.1 Å². The Morgan fingerprint density at radius 2 is 1.00 bits per heavy atom. The smallest absolute Gasteiger partial charge is 0.344 e. The number of esters is 6. The molecule has 31 nitrogen and oxygen atoms in total. The minimum absolute atomic E-state index is 0.202. The number of ether oxygens (including phenoxy) is 8. The molecule has 0 radical (unpaired) electrons. The van der Waals surface area contributed by atoms with Gasteiger partial charge in [-0.3, -0.25) is 4.79 Å². The van der Waals surface area contributed by atoms with E-state index in [1.807, 2.05) is 0 Å². The molecule has 4 heterocycles. The first-order chi connectivity index (χ1) is 37.1. The predicted octanol–water partition coefficient (Wildman–Crippen LogP) is -0.471. The van der Waals surface area contributed by atoms with Crippen LogP contribution in [0.5, 0.6) is 86.2 Å². The van der Waals surface area contributed by atoms with Gasteiger partial charge in [0.05, 0.1) is 39.3 Å². The Hall–Kier alpha value is -10.6. The van der Waals surface area contributed by atoms with Gasteiger partial charge in [-0.05, 0) is 48.5 Å². The highest BCUT2D eigenvalue weighted by molar-refractivity contribution is 6.10. The van der Waals surface area contributed by atoms with Crippen molar-refractivity contribution in [3.8, 4) is 97.4 Å². The predicted molar refractivity (Wildman–Crippen MR) is 239 cm³/mol. The number of carbonyl (C=O) groups is 7. The molecule has 0 spiro atoms. The molecule has 5 aliphatic rings. The lowest BCUT2D eigenvalue weighted by Gasteiger charge is -2.49. The summed E-state index contributed by atoms with van der Waals surface area (Å²) in [5.41, 5.74) is -9.59. The number of benzene rings is 5. The molecule has 1 saturated heterocycles. The first-order valence-electron chi connectivity index (χ1n) is 22.0. The molecule has 7 atom stereocenters. The molecule has 31 heteroatoms. The Balaban J connectivity index is 1.14. The first-order valence-corrected chi connectivity index (χ1v) is 22.0. The zero-order valence-corrected chi connectivity index (χ0v) is 38.6. The largest absolute Gasteiger partial charge is 0.504 e. The zero-order valence-electron chi connectivity index (χ0n) is 38.6. The Morgan fingerprint density at radius 3 is 1.59 bits per heavy atom. The SMILES string of the molecule is O=C1O[C@H]2[C@H](OC(=O)c3cc(O)c(OC(=O)c4cc(O)c(O)c(O)c4)c(O)c3)O[C@@H]3COC(=O)c4cc(O)c(O)c(O)c4-c4c(cc(O)c(O)c4O)C(=O)O[C@H]2[C@@H]3OC(=O)c2cc(O)c(O)c3c2[C@@H]2C1=CC(=O)[C@](O)(O3)C2(O)O. The molecular formula is C48H32O31. The van der Waals surface area contributed by atoms with E-state index in [4.69, 9.17) is 37.9 Å². The quantitative estimate of drug-likeness (QED) is 0.0356. The van der Waals surface area contributed by atoms with E-state index in [1.165, 1.54) is 0 Å². The van der Waals surface area contributed by atoms with E-state index in [-0.39, 0.29) is 6.08 Å². The van der Waals surface area contributed by atoms with Gasteiger partial charge in [0.2, 0.25) is 41.2 Å². The summed E-state index contributed by atoms with van der Waals surface area (Å²) in [4.78, 5) is 99.0. The zero-order chi connectivity index (χ0) is 57.4. The molecule has 5 aromatic carbocycles. The molecule has 0 saturated carbocycles. The number of hydrogen-bond acceptors (Lipinski definition) is 31. The Morgan fingerprint density at radius 1 is 0.519 bits per heavy atom. The molecule has 1 fully saturated rings. The number of phenols is 13. The number of rotatable bonds is 4. The van der Waals surface area contributed by atoms with Crippen molar-refractivity contribution in [3.05, 3.63) is 87.5 Å². The maximum atomic E-state index is 14.8. The van der Waals surface area contributed by atoms with E-state index in [9.17, 15) is 115 Å². The lowest BCUT2D eigenvalue weighted by Crippen LogP contribution is -2.70. The average molecular weight is 1100 g/mol. The van der Waals surface area contributed by atoms with Gasteiger partial charge in [-0.2, -0.15) is 0 Å². The van der Waals surface area contributed by atoms with E-state index in [0.717, 1.165) is 0 Å². The van der Waals surface area contributed by atoms with Gasteiger partial charge < -0.3 is 120 Å². The van der Waals surface area contributed by atoms with Gasteiger partial charge in [-0.25, -0.2) is 28.8 Å². The van der Waals surface area contributed by atoms with E-state index < -0.39 is 233 Å². The van der Waals surface area contributed by atoms with Gasteiger partial charge in [0.25, 0.3) is 5.79 Å². The fraction of sp³-hybridized carbons (Fsp3) is 0.188. The van der Waals surface area contributed by atoms with Crippen molar-refractivity contribution in [1.29, 1.82) is 0 Å². The molecule has 410 valence electrons. The van der Waals surface area contributed by atoms with Gasteiger partial charge in [-0.15, -0.1) is 0 Å². The van der Waals surface area contributed by atoms with Gasteiger partial charge >= 0.3 is 41.6 Å². The van der Waals surface area contributed by atoms with E-state index >= 15 is 0 Å². The third kappa shape index (κ3) is 7.78. The number of aromatic hydroxyl groups is 13. The molecule has 1 aliphatic carbocycles. The van der Waals surface area contributed by atoms with Crippen molar-refractivity contribution < 1.29 is 153 Å². The Labute approximate surface area is 433 Å². The lowest BCUT2D eigenvalue weighted by molar-refractivity contribution is -0.339. The number of carbonyl (C=O) groups excluding carboxylic acids is 7. The molecule has 0 unspecified atom stereocenters. The monoisotopic (exact) mass is 1100 g/mol.